The molecule has 21 heavy (non-hydrogen) atoms. The highest BCUT2D eigenvalue weighted by molar-refractivity contribution is 4.95. The van der Waals surface area contributed by atoms with Crippen molar-refractivity contribution >= 4 is 0 Å². The Bertz CT molecular complexity index is 354. The molecule has 9 nitrogen and oxygen atoms in total. The average molecular weight is 310 g/mol. The van der Waals surface area contributed by atoms with Gasteiger partial charge in [-0.05, 0) is 6.92 Å². The molecule has 124 valence electrons. The van der Waals surface area contributed by atoms with Crippen LogP contribution in [0.3, 0.4) is 0 Å². The van der Waals surface area contributed by atoms with E-state index in [0.29, 0.717) is 0 Å². The summed E-state index contributed by atoms with van der Waals surface area (Å²) in [5.74, 6) is 0. The number of aliphatic hydroxyl groups excluding tert-OH is 4. The van der Waals surface area contributed by atoms with E-state index in [1.807, 2.05) is 0 Å². The molecular weight excluding hydrogens is 288 g/mol. The van der Waals surface area contributed by atoms with Crippen molar-refractivity contribution in [3.8, 4) is 0 Å². The van der Waals surface area contributed by atoms with Gasteiger partial charge in [-0.15, -0.1) is 0 Å². The van der Waals surface area contributed by atoms with Crippen molar-refractivity contribution in [1.82, 2.24) is 0 Å². The lowest BCUT2D eigenvalue weighted by Crippen LogP contribution is -2.58. The Morgan fingerprint density at radius 2 is 1.76 bits per heavy atom. The van der Waals surface area contributed by atoms with Crippen molar-refractivity contribution in [1.29, 1.82) is 0 Å². The molecule has 0 bridgehead atoms. The maximum Gasteiger partial charge on any atom is 0.186 e. The van der Waals surface area contributed by atoms with Crippen LogP contribution in [-0.2, 0) is 18.9 Å². The Hall–Kier alpha value is -0.360. The molecule has 0 saturated carbocycles. The Morgan fingerprint density at radius 3 is 2.33 bits per heavy atom. The van der Waals surface area contributed by atoms with Gasteiger partial charge < -0.3 is 44.5 Å². The molecule has 0 aliphatic carbocycles. The van der Waals surface area contributed by atoms with Crippen molar-refractivity contribution in [2.24, 2.45) is 0 Å². The molecule has 8 atom stereocenters. The summed E-state index contributed by atoms with van der Waals surface area (Å²) >= 11 is 0. The normalized spacial score (nSPS) is 51.3. The quantitative estimate of drug-likeness (QED) is 0.366. The highest BCUT2D eigenvalue weighted by atomic mass is 16.7. The summed E-state index contributed by atoms with van der Waals surface area (Å²) in [6.45, 7) is 0.904. The summed E-state index contributed by atoms with van der Waals surface area (Å²) in [5, 5.41) is 49.1. The molecule has 9 heteroatoms. The van der Waals surface area contributed by atoms with Gasteiger partial charge in [0.25, 0.3) is 0 Å². The maximum atomic E-state index is 10.2. The van der Waals surface area contributed by atoms with Crippen molar-refractivity contribution in [2.45, 2.75) is 55.6 Å². The molecule has 0 aromatic rings. The number of rotatable bonds is 4. The van der Waals surface area contributed by atoms with E-state index in [1.54, 1.807) is 0 Å². The van der Waals surface area contributed by atoms with Gasteiger partial charge in [0, 0.05) is 7.11 Å². The van der Waals surface area contributed by atoms with E-state index in [9.17, 15) is 25.5 Å². The minimum absolute atomic E-state index is 0.212. The van der Waals surface area contributed by atoms with Crippen LogP contribution in [0.5, 0.6) is 0 Å². The second-order valence-corrected chi connectivity index (χ2v) is 5.46. The highest BCUT2D eigenvalue weighted by Gasteiger charge is 2.50. The number of hydrogen-bond acceptors (Lipinski definition) is 9. The largest absolute Gasteiger partial charge is 0.388 e. The fraction of sp³-hybridized carbons (Fsp3) is 1.00. The summed E-state index contributed by atoms with van der Waals surface area (Å²) < 4.78 is 20.4. The summed E-state index contributed by atoms with van der Waals surface area (Å²) in [7, 11) is 1.33. The van der Waals surface area contributed by atoms with Crippen molar-refractivity contribution < 1.29 is 44.5 Å². The molecule has 2 aliphatic heterocycles. The van der Waals surface area contributed by atoms with Gasteiger partial charge in [0.15, 0.2) is 12.6 Å². The first kappa shape index (κ1) is 17.0. The lowest BCUT2D eigenvalue weighted by molar-refractivity contribution is -0.303. The SMILES string of the molecule is CO[C@@H]1OC[C@](O)(CO[C@@H]2O[C@@H](C)[C@H](O)[C@@H](O)[C@H]2O)[C@H]1O. The third-order valence-electron chi connectivity index (χ3n) is 3.84. The van der Waals surface area contributed by atoms with Crippen LogP contribution in [0, 0.1) is 0 Å². The molecule has 2 saturated heterocycles. The van der Waals surface area contributed by atoms with E-state index in [2.05, 4.69) is 0 Å². The van der Waals surface area contributed by atoms with Gasteiger partial charge in [-0.3, -0.25) is 0 Å². The van der Waals surface area contributed by atoms with E-state index >= 15 is 0 Å². The predicted octanol–water partition coefficient (Wildman–Crippen LogP) is -3.07. The van der Waals surface area contributed by atoms with Crippen LogP contribution in [0.1, 0.15) is 6.92 Å². The standard InChI is InChI=1S/C12H22O9/c1-5-6(13)7(14)8(15)10(21-5)19-3-12(17)4-20-11(18-2)9(12)16/h5-11,13-17H,3-4H2,1-2H3/t5-,6-,7+,8+,9-,10+,11+,12+/m0/s1. The zero-order valence-corrected chi connectivity index (χ0v) is 11.8. The topological polar surface area (TPSA) is 138 Å². The Balaban J connectivity index is 1.93. The number of ether oxygens (including phenoxy) is 4. The molecule has 2 aliphatic rings. The molecule has 0 amide bonds. The van der Waals surface area contributed by atoms with Crippen LogP contribution in [-0.4, -0.2) is 94.6 Å². The van der Waals surface area contributed by atoms with Gasteiger partial charge in [-0.2, -0.15) is 0 Å². The number of methoxy groups -OCH3 is 1. The van der Waals surface area contributed by atoms with Crippen molar-refractivity contribution in [2.75, 3.05) is 20.3 Å². The van der Waals surface area contributed by atoms with E-state index in [1.165, 1.54) is 14.0 Å². The molecule has 0 radical (unpaired) electrons. The third kappa shape index (κ3) is 3.21. The van der Waals surface area contributed by atoms with Crippen LogP contribution in [0.15, 0.2) is 0 Å². The van der Waals surface area contributed by atoms with E-state index in [0.717, 1.165) is 0 Å². The lowest BCUT2D eigenvalue weighted by Gasteiger charge is -2.40. The van der Waals surface area contributed by atoms with Crippen molar-refractivity contribution in [3.05, 3.63) is 0 Å². The van der Waals surface area contributed by atoms with Crippen LogP contribution >= 0.6 is 0 Å². The molecule has 2 fully saturated rings. The minimum atomic E-state index is -1.71. The predicted molar refractivity (Wildman–Crippen MR) is 66.0 cm³/mol. The van der Waals surface area contributed by atoms with Crippen molar-refractivity contribution in [3.63, 3.8) is 0 Å². The second-order valence-electron chi connectivity index (χ2n) is 5.46. The molecular formula is C12H22O9. The first-order chi connectivity index (χ1) is 9.80. The van der Waals surface area contributed by atoms with Gasteiger partial charge in [-0.1, -0.05) is 0 Å². The monoisotopic (exact) mass is 310 g/mol. The summed E-state index contributed by atoms with van der Waals surface area (Å²) in [4.78, 5) is 0. The Morgan fingerprint density at radius 1 is 1.10 bits per heavy atom. The molecule has 0 unspecified atom stereocenters. The van der Waals surface area contributed by atoms with E-state index < -0.39 is 55.3 Å². The van der Waals surface area contributed by atoms with Gasteiger partial charge in [0.2, 0.25) is 0 Å². The summed E-state index contributed by atoms with van der Waals surface area (Å²) in [5.41, 5.74) is -1.71. The Labute approximate surface area is 121 Å². The Kier molecular flexibility index (Phi) is 5.19. The van der Waals surface area contributed by atoms with Gasteiger partial charge in [0.1, 0.15) is 30.0 Å². The first-order valence-electron chi connectivity index (χ1n) is 6.66. The average Bonchev–Trinajstić information content (AvgIpc) is 2.75. The smallest absolute Gasteiger partial charge is 0.186 e. The van der Waals surface area contributed by atoms with Gasteiger partial charge in [-0.25, -0.2) is 0 Å². The fourth-order valence-electron chi connectivity index (χ4n) is 2.36. The molecule has 2 rings (SSSR count). The third-order valence-corrected chi connectivity index (χ3v) is 3.84. The van der Waals surface area contributed by atoms with Gasteiger partial charge in [0.05, 0.1) is 19.3 Å². The van der Waals surface area contributed by atoms with Crippen LogP contribution < -0.4 is 0 Å². The maximum absolute atomic E-state index is 10.2. The van der Waals surface area contributed by atoms with E-state index in [-0.39, 0.29) is 6.61 Å². The second kappa shape index (κ2) is 6.41. The number of hydrogen-bond donors (Lipinski definition) is 5. The zero-order chi connectivity index (χ0) is 15.8. The summed E-state index contributed by atoms with van der Waals surface area (Å²) in [6, 6.07) is 0. The van der Waals surface area contributed by atoms with Crippen LogP contribution in [0.2, 0.25) is 0 Å². The zero-order valence-electron chi connectivity index (χ0n) is 11.8. The van der Waals surface area contributed by atoms with Gasteiger partial charge >= 0.3 is 0 Å². The van der Waals surface area contributed by atoms with Crippen LogP contribution in [0.4, 0.5) is 0 Å². The molecule has 0 aromatic heterocycles. The van der Waals surface area contributed by atoms with E-state index in [4.69, 9.17) is 18.9 Å². The van der Waals surface area contributed by atoms with Crippen LogP contribution in [0.25, 0.3) is 0 Å². The first-order valence-corrected chi connectivity index (χ1v) is 6.66. The molecule has 0 spiro atoms. The molecule has 0 aromatic carbocycles. The highest BCUT2D eigenvalue weighted by Crippen LogP contribution is 2.28. The fourth-order valence-corrected chi connectivity index (χ4v) is 2.36. The molecule has 5 N–H and O–H groups in total. The minimum Gasteiger partial charge on any atom is -0.388 e. The molecule has 2 heterocycles. The lowest BCUT2D eigenvalue weighted by atomic mass is 9.99. The summed E-state index contributed by atoms with van der Waals surface area (Å²) in [6.07, 6.45) is -8.42. The number of aliphatic hydroxyl groups is 5.